The molecule has 1 saturated heterocycles. The summed E-state index contributed by atoms with van der Waals surface area (Å²) in [5, 5.41) is 3.47. The van der Waals surface area contributed by atoms with Gasteiger partial charge in [0.05, 0.1) is 0 Å². The zero-order valence-electron chi connectivity index (χ0n) is 11.9. The van der Waals surface area contributed by atoms with Gasteiger partial charge < -0.3 is 15.8 Å². The predicted molar refractivity (Wildman–Crippen MR) is 89.2 cm³/mol. The lowest BCUT2D eigenvalue weighted by Crippen LogP contribution is -2.41. The molecule has 112 valence electrons. The maximum Gasteiger partial charge on any atom is 0.119 e. The molecule has 0 aliphatic carbocycles. The number of halogens is 1. The van der Waals surface area contributed by atoms with E-state index in [9.17, 15) is 0 Å². The summed E-state index contributed by atoms with van der Waals surface area (Å²) in [6.45, 7) is 1.92. The van der Waals surface area contributed by atoms with E-state index in [2.05, 4.69) is 35.6 Å². The summed E-state index contributed by atoms with van der Waals surface area (Å²) >= 11 is 0. The van der Waals surface area contributed by atoms with Crippen LogP contribution in [0.3, 0.4) is 0 Å². The highest BCUT2D eigenvalue weighted by molar-refractivity contribution is 5.85. The third-order valence-corrected chi connectivity index (χ3v) is 3.76. The number of anilines is 1. The number of piperidine rings is 1. The normalized spacial score (nSPS) is 21.3. The first-order valence-electron chi connectivity index (χ1n) is 7.09. The van der Waals surface area contributed by atoms with Crippen LogP contribution in [0.2, 0.25) is 0 Å². The molecule has 21 heavy (non-hydrogen) atoms. The van der Waals surface area contributed by atoms with Crippen LogP contribution >= 0.6 is 12.4 Å². The van der Waals surface area contributed by atoms with E-state index in [-0.39, 0.29) is 18.5 Å². The quantitative estimate of drug-likeness (QED) is 0.856. The number of nitrogens with one attached hydrogen (secondary N) is 1. The van der Waals surface area contributed by atoms with Crippen molar-refractivity contribution in [1.82, 2.24) is 5.32 Å². The Kier molecular flexibility index (Phi) is 5.48. The zero-order chi connectivity index (χ0) is 13.8. The first-order valence-corrected chi connectivity index (χ1v) is 7.09. The summed E-state index contributed by atoms with van der Waals surface area (Å²) in [7, 11) is 0. The van der Waals surface area contributed by atoms with Gasteiger partial charge in [-0.05, 0) is 42.2 Å². The molecule has 3 nitrogen and oxygen atoms in total. The van der Waals surface area contributed by atoms with Crippen molar-refractivity contribution in [3.05, 3.63) is 60.2 Å². The van der Waals surface area contributed by atoms with E-state index in [0.717, 1.165) is 30.9 Å². The Bertz CT molecular complexity index is 544. The van der Waals surface area contributed by atoms with E-state index in [1.165, 1.54) is 5.56 Å². The third kappa shape index (κ3) is 4.13. The topological polar surface area (TPSA) is 47.3 Å². The van der Waals surface area contributed by atoms with Crippen molar-refractivity contribution < 1.29 is 4.74 Å². The van der Waals surface area contributed by atoms with E-state index in [1.807, 2.05) is 24.3 Å². The van der Waals surface area contributed by atoms with Crippen LogP contribution in [0.4, 0.5) is 5.69 Å². The molecular weight excluding hydrogens is 284 g/mol. The summed E-state index contributed by atoms with van der Waals surface area (Å²) in [5.41, 5.74) is 7.84. The van der Waals surface area contributed by atoms with Gasteiger partial charge in [0, 0.05) is 18.8 Å². The third-order valence-electron chi connectivity index (χ3n) is 3.76. The van der Waals surface area contributed by atoms with Crippen LogP contribution in [-0.2, 0) is 0 Å². The second-order valence-corrected chi connectivity index (χ2v) is 5.31. The molecule has 0 spiro atoms. The first kappa shape index (κ1) is 15.7. The van der Waals surface area contributed by atoms with Crippen molar-refractivity contribution >= 4 is 18.1 Å². The summed E-state index contributed by atoms with van der Waals surface area (Å²) < 4.78 is 6.04. The molecule has 1 heterocycles. The fraction of sp³-hybridized carbons (Fsp3) is 0.294. The standard InChI is InChI=1S/C17H20N2O.ClH/c18-15-6-8-16(9-7-15)20-17-10-14(11-19-12-17)13-4-2-1-3-5-13;/h1-9,14,17,19H,10-12,18H2;1H/t14-,17+;/m1./s1. The Morgan fingerprint density at radius 1 is 0.952 bits per heavy atom. The van der Waals surface area contributed by atoms with Gasteiger partial charge in [-0.1, -0.05) is 30.3 Å². The van der Waals surface area contributed by atoms with Gasteiger partial charge in [0.2, 0.25) is 0 Å². The van der Waals surface area contributed by atoms with Crippen LogP contribution in [0.15, 0.2) is 54.6 Å². The van der Waals surface area contributed by atoms with Crippen LogP contribution in [0, 0.1) is 0 Å². The van der Waals surface area contributed by atoms with Gasteiger partial charge >= 0.3 is 0 Å². The smallest absolute Gasteiger partial charge is 0.119 e. The van der Waals surface area contributed by atoms with E-state index in [0.29, 0.717) is 5.92 Å². The number of benzene rings is 2. The lowest BCUT2D eigenvalue weighted by atomic mass is 9.90. The van der Waals surface area contributed by atoms with Crippen molar-refractivity contribution in [1.29, 1.82) is 0 Å². The molecule has 1 aliphatic heterocycles. The average molecular weight is 305 g/mol. The van der Waals surface area contributed by atoms with Gasteiger partial charge in [-0.25, -0.2) is 0 Å². The van der Waals surface area contributed by atoms with Crippen LogP contribution < -0.4 is 15.8 Å². The lowest BCUT2D eigenvalue weighted by Gasteiger charge is -2.30. The molecule has 1 fully saturated rings. The van der Waals surface area contributed by atoms with Crippen LogP contribution in [0.1, 0.15) is 17.9 Å². The second-order valence-electron chi connectivity index (χ2n) is 5.31. The SMILES string of the molecule is Cl.Nc1ccc(O[C@@H]2CNC[C@H](c3ccccc3)C2)cc1. The fourth-order valence-electron chi connectivity index (χ4n) is 2.71. The average Bonchev–Trinajstić information content (AvgIpc) is 2.51. The highest BCUT2D eigenvalue weighted by Crippen LogP contribution is 2.26. The van der Waals surface area contributed by atoms with Crippen LogP contribution in [0.25, 0.3) is 0 Å². The van der Waals surface area contributed by atoms with Crippen molar-refractivity contribution in [2.75, 3.05) is 18.8 Å². The van der Waals surface area contributed by atoms with Gasteiger partial charge in [0.25, 0.3) is 0 Å². The Labute approximate surface area is 131 Å². The number of nitrogens with two attached hydrogens (primary N) is 1. The number of hydrogen-bond donors (Lipinski definition) is 2. The summed E-state index contributed by atoms with van der Waals surface area (Å²) in [6, 6.07) is 18.3. The maximum atomic E-state index is 6.04. The summed E-state index contributed by atoms with van der Waals surface area (Å²) in [6.07, 6.45) is 1.25. The fourth-order valence-corrected chi connectivity index (χ4v) is 2.71. The molecule has 0 unspecified atom stereocenters. The Morgan fingerprint density at radius 3 is 2.38 bits per heavy atom. The molecule has 0 amide bonds. The van der Waals surface area contributed by atoms with E-state index in [1.54, 1.807) is 0 Å². The van der Waals surface area contributed by atoms with Crippen molar-refractivity contribution in [2.24, 2.45) is 0 Å². The molecule has 2 aromatic carbocycles. The minimum absolute atomic E-state index is 0. The number of hydrogen-bond acceptors (Lipinski definition) is 3. The van der Waals surface area contributed by atoms with Crippen molar-refractivity contribution in [2.45, 2.75) is 18.4 Å². The summed E-state index contributed by atoms with van der Waals surface area (Å²) in [5.74, 6) is 1.41. The molecule has 3 rings (SSSR count). The molecule has 0 bridgehead atoms. The van der Waals surface area contributed by atoms with Gasteiger partial charge in [0.15, 0.2) is 0 Å². The van der Waals surface area contributed by atoms with Gasteiger partial charge in [0.1, 0.15) is 11.9 Å². The predicted octanol–water partition coefficient (Wildman–Crippen LogP) is 3.22. The van der Waals surface area contributed by atoms with E-state index < -0.39 is 0 Å². The molecule has 3 N–H and O–H groups in total. The monoisotopic (exact) mass is 304 g/mol. The highest BCUT2D eigenvalue weighted by Gasteiger charge is 2.24. The van der Waals surface area contributed by atoms with Gasteiger partial charge in [-0.15, -0.1) is 12.4 Å². The Balaban J connectivity index is 0.00000161. The van der Waals surface area contributed by atoms with Crippen molar-refractivity contribution in [3.8, 4) is 5.75 Å². The minimum Gasteiger partial charge on any atom is -0.489 e. The molecule has 4 heteroatoms. The minimum atomic E-state index is 0. The highest BCUT2D eigenvalue weighted by atomic mass is 35.5. The van der Waals surface area contributed by atoms with Crippen molar-refractivity contribution in [3.63, 3.8) is 0 Å². The Morgan fingerprint density at radius 2 is 1.67 bits per heavy atom. The summed E-state index contributed by atoms with van der Waals surface area (Å²) in [4.78, 5) is 0. The molecule has 2 aromatic rings. The first-order chi connectivity index (χ1) is 9.81. The van der Waals surface area contributed by atoms with E-state index in [4.69, 9.17) is 10.5 Å². The molecule has 0 aromatic heterocycles. The van der Waals surface area contributed by atoms with E-state index >= 15 is 0 Å². The number of nitrogen functional groups attached to an aromatic ring is 1. The van der Waals surface area contributed by atoms with Crippen LogP contribution in [-0.4, -0.2) is 19.2 Å². The van der Waals surface area contributed by atoms with Gasteiger partial charge in [-0.2, -0.15) is 0 Å². The second kappa shape index (κ2) is 7.34. The van der Waals surface area contributed by atoms with Crippen LogP contribution in [0.5, 0.6) is 5.75 Å². The molecule has 0 radical (unpaired) electrons. The van der Waals surface area contributed by atoms with Gasteiger partial charge in [-0.3, -0.25) is 0 Å². The molecule has 1 aliphatic rings. The molecule has 0 saturated carbocycles. The number of rotatable bonds is 3. The number of ether oxygens (including phenoxy) is 1. The lowest BCUT2D eigenvalue weighted by molar-refractivity contribution is 0.156. The zero-order valence-corrected chi connectivity index (χ0v) is 12.7. The molecular formula is C17H21ClN2O. The largest absolute Gasteiger partial charge is 0.489 e. The molecule has 2 atom stereocenters. The Hall–Kier alpha value is -1.71. The maximum absolute atomic E-state index is 6.04.